The highest BCUT2D eigenvalue weighted by molar-refractivity contribution is 5.98. The Balaban J connectivity index is 2.29. The highest BCUT2D eigenvalue weighted by Gasteiger charge is 2.04. The van der Waals surface area contributed by atoms with Crippen molar-refractivity contribution in [2.24, 2.45) is 0 Å². The first-order valence-electron chi connectivity index (χ1n) is 6.31. The molecule has 0 aliphatic heterocycles. The van der Waals surface area contributed by atoms with E-state index in [4.69, 9.17) is 0 Å². The van der Waals surface area contributed by atoms with Crippen LogP contribution in [-0.4, -0.2) is 0 Å². The minimum Gasteiger partial charge on any atom is -0.0613 e. The monoisotopic (exact) mass is 232 g/mol. The molecule has 0 N–H and O–H groups in total. The van der Waals surface area contributed by atoms with Gasteiger partial charge >= 0.3 is 0 Å². The van der Waals surface area contributed by atoms with Gasteiger partial charge in [0.05, 0.1) is 0 Å². The van der Waals surface area contributed by atoms with Crippen LogP contribution in [0.1, 0.15) is 11.1 Å². The normalized spacial score (nSPS) is 10.8. The van der Waals surface area contributed by atoms with Crippen molar-refractivity contribution < 1.29 is 0 Å². The second-order valence-electron chi connectivity index (χ2n) is 4.84. The van der Waals surface area contributed by atoms with E-state index in [0.717, 1.165) is 0 Å². The van der Waals surface area contributed by atoms with Crippen LogP contribution in [0.5, 0.6) is 0 Å². The van der Waals surface area contributed by atoms with E-state index in [0.29, 0.717) is 0 Å². The maximum atomic E-state index is 2.21. The average Bonchev–Trinajstić information content (AvgIpc) is 2.40. The van der Waals surface area contributed by atoms with Crippen LogP contribution in [0, 0.1) is 13.8 Å². The van der Waals surface area contributed by atoms with E-state index in [9.17, 15) is 0 Å². The zero-order valence-electron chi connectivity index (χ0n) is 10.8. The fourth-order valence-corrected chi connectivity index (χ4v) is 2.45. The standard InChI is InChI=1S/C18H16/c1-13-9-11-15(12-10-13)17-7-4-6-16-14(2)5-3-8-18(16)17/h3-12H,1-2H3. The Morgan fingerprint density at radius 1 is 0.611 bits per heavy atom. The zero-order chi connectivity index (χ0) is 12.5. The summed E-state index contributed by atoms with van der Waals surface area (Å²) in [6.45, 7) is 4.29. The minimum atomic E-state index is 1.29. The summed E-state index contributed by atoms with van der Waals surface area (Å²) in [7, 11) is 0. The van der Waals surface area contributed by atoms with E-state index in [-0.39, 0.29) is 0 Å². The number of benzene rings is 3. The highest BCUT2D eigenvalue weighted by Crippen LogP contribution is 2.30. The molecular formula is C18H16. The third-order valence-corrected chi connectivity index (χ3v) is 3.50. The highest BCUT2D eigenvalue weighted by atomic mass is 14.1. The van der Waals surface area contributed by atoms with Gasteiger partial charge in [-0.25, -0.2) is 0 Å². The molecule has 3 aromatic rings. The van der Waals surface area contributed by atoms with Gasteiger partial charge in [0.25, 0.3) is 0 Å². The fourth-order valence-electron chi connectivity index (χ4n) is 2.45. The molecule has 18 heavy (non-hydrogen) atoms. The Labute approximate surface area is 108 Å². The van der Waals surface area contributed by atoms with Crippen LogP contribution in [0.4, 0.5) is 0 Å². The van der Waals surface area contributed by atoms with Crippen molar-refractivity contribution in [2.45, 2.75) is 13.8 Å². The fraction of sp³-hybridized carbons (Fsp3) is 0.111. The second kappa shape index (κ2) is 4.30. The Morgan fingerprint density at radius 2 is 1.28 bits per heavy atom. The third-order valence-electron chi connectivity index (χ3n) is 3.50. The first-order chi connectivity index (χ1) is 8.75. The summed E-state index contributed by atoms with van der Waals surface area (Å²) in [4.78, 5) is 0. The smallest absolute Gasteiger partial charge is 0.0103 e. The summed E-state index contributed by atoms with van der Waals surface area (Å²) < 4.78 is 0. The van der Waals surface area contributed by atoms with Crippen molar-refractivity contribution in [3.05, 3.63) is 71.8 Å². The van der Waals surface area contributed by atoms with Gasteiger partial charge in [-0.2, -0.15) is 0 Å². The molecule has 88 valence electrons. The second-order valence-corrected chi connectivity index (χ2v) is 4.84. The third kappa shape index (κ3) is 1.80. The van der Waals surface area contributed by atoms with Crippen molar-refractivity contribution in [3.8, 4) is 11.1 Å². The van der Waals surface area contributed by atoms with Gasteiger partial charge in [-0.1, -0.05) is 66.2 Å². The number of hydrogen-bond donors (Lipinski definition) is 0. The van der Waals surface area contributed by atoms with E-state index in [1.54, 1.807) is 0 Å². The van der Waals surface area contributed by atoms with Gasteiger partial charge in [0.1, 0.15) is 0 Å². The summed E-state index contributed by atoms with van der Waals surface area (Å²) in [5, 5.41) is 2.68. The summed E-state index contributed by atoms with van der Waals surface area (Å²) in [5.41, 5.74) is 5.24. The van der Waals surface area contributed by atoms with Crippen LogP contribution in [0.3, 0.4) is 0 Å². The van der Waals surface area contributed by atoms with Crippen molar-refractivity contribution in [1.29, 1.82) is 0 Å². The average molecular weight is 232 g/mol. The quantitative estimate of drug-likeness (QED) is 0.546. The van der Waals surface area contributed by atoms with Crippen LogP contribution in [0.2, 0.25) is 0 Å². The largest absolute Gasteiger partial charge is 0.0613 e. The Kier molecular flexibility index (Phi) is 2.64. The van der Waals surface area contributed by atoms with Gasteiger partial charge in [0.15, 0.2) is 0 Å². The van der Waals surface area contributed by atoms with E-state index in [2.05, 4.69) is 74.5 Å². The van der Waals surface area contributed by atoms with Gasteiger partial charge < -0.3 is 0 Å². The molecular weight excluding hydrogens is 216 g/mol. The van der Waals surface area contributed by atoms with Crippen molar-refractivity contribution in [1.82, 2.24) is 0 Å². The van der Waals surface area contributed by atoms with E-state index < -0.39 is 0 Å². The topological polar surface area (TPSA) is 0 Å². The van der Waals surface area contributed by atoms with Crippen molar-refractivity contribution in [3.63, 3.8) is 0 Å². The number of hydrogen-bond acceptors (Lipinski definition) is 0. The predicted molar refractivity (Wildman–Crippen MR) is 78.9 cm³/mol. The Morgan fingerprint density at radius 3 is 2.06 bits per heavy atom. The summed E-state index contributed by atoms with van der Waals surface area (Å²) in [5.74, 6) is 0. The molecule has 0 unspecified atom stereocenters. The van der Waals surface area contributed by atoms with Crippen molar-refractivity contribution >= 4 is 10.8 Å². The molecule has 0 aliphatic rings. The van der Waals surface area contributed by atoms with Crippen LogP contribution < -0.4 is 0 Å². The first-order valence-corrected chi connectivity index (χ1v) is 6.31. The van der Waals surface area contributed by atoms with Gasteiger partial charge in [0.2, 0.25) is 0 Å². The lowest BCUT2D eigenvalue weighted by atomic mass is 9.96. The molecule has 0 heterocycles. The lowest BCUT2D eigenvalue weighted by Crippen LogP contribution is -1.84. The molecule has 0 saturated carbocycles. The van der Waals surface area contributed by atoms with Gasteiger partial charge in [-0.3, -0.25) is 0 Å². The Bertz CT molecular complexity index is 691. The lowest BCUT2D eigenvalue weighted by molar-refractivity contribution is 1.47. The molecule has 0 bridgehead atoms. The molecule has 0 fully saturated rings. The molecule has 0 amide bonds. The van der Waals surface area contributed by atoms with Crippen molar-refractivity contribution in [2.75, 3.05) is 0 Å². The molecule has 0 aromatic heterocycles. The van der Waals surface area contributed by atoms with Crippen LogP contribution in [0.15, 0.2) is 60.7 Å². The summed E-state index contributed by atoms with van der Waals surface area (Å²) in [6, 6.07) is 21.8. The molecule has 0 spiro atoms. The van der Waals surface area contributed by atoms with Crippen LogP contribution in [0.25, 0.3) is 21.9 Å². The molecule has 0 radical (unpaired) electrons. The van der Waals surface area contributed by atoms with E-state index in [1.165, 1.54) is 33.0 Å². The molecule has 0 saturated heterocycles. The molecule has 3 aromatic carbocycles. The number of fused-ring (bicyclic) bond motifs is 1. The maximum absolute atomic E-state index is 2.21. The lowest BCUT2D eigenvalue weighted by Gasteiger charge is -2.09. The molecule has 0 heteroatoms. The summed E-state index contributed by atoms with van der Waals surface area (Å²) in [6.07, 6.45) is 0. The first kappa shape index (κ1) is 11.0. The van der Waals surface area contributed by atoms with E-state index >= 15 is 0 Å². The number of rotatable bonds is 1. The SMILES string of the molecule is Cc1ccc(-c2cccc3c(C)cccc23)cc1. The zero-order valence-corrected chi connectivity index (χ0v) is 10.8. The summed E-state index contributed by atoms with van der Waals surface area (Å²) >= 11 is 0. The molecule has 0 aliphatic carbocycles. The molecule has 0 nitrogen and oxygen atoms in total. The minimum absolute atomic E-state index is 1.29. The predicted octanol–water partition coefficient (Wildman–Crippen LogP) is 5.12. The van der Waals surface area contributed by atoms with Gasteiger partial charge in [-0.15, -0.1) is 0 Å². The Hall–Kier alpha value is -2.08. The molecule has 0 atom stereocenters. The number of aryl methyl sites for hydroxylation is 2. The van der Waals surface area contributed by atoms with Crippen LogP contribution in [-0.2, 0) is 0 Å². The van der Waals surface area contributed by atoms with Gasteiger partial charge in [0, 0.05) is 0 Å². The maximum Gasteiger partial charge on any atom is -0.0103 e. The van der Waals surface area contributed by atoms with Gasteiger partial charge in [-0.05, 0) is 41.3 Å². The van der Waals surface area contributed by atoms with Crippen LogP contribution >= 0.6 is 0 Å². The molecule has 3 rings (SSSR count). The van der Waals surface area contributed by atoms with E-state index in [1.807, 2.05) is 0 Å².